The lowest BCUT2D eigenvalue weighted by Gasteiger charge is -2.32. The Hall–Kier alpha value is -1.78. The summed E-state index contributed by atoms with van der Waals surface area (Å²) in [5.41, 5.74) is 0. The van der Waals surface area contributed by atoms with E-state index in [1.807, 2.05) is 17.0 Å². The molecule has 1 unspecified atom stereocenters. The smallest absolute Gasteiger partial charge is 0.263 e. The molecule has 4 rings (SSSR count). The lowest BCUT2D eigenvalue weighted by atomic mass is 9.97. The van der Waals surface area contributed by atoms with Crippen LogP contribution in [-0.4, -0.2) is 59.9 Å². The lowest BCUT2D eigenvalue weighted by Crippen LogP contribution is -2.39. The second-order valence-corrected chi connectivity index (χ2v) is 10.5. The zero-order chi connectivity index (χ0) is 19.7. The summed E-state index contributed by atoms with van der Waals surface area (Å²) in [4.78, 5) is 16.6. The SMILES string of the molecule is CS(=O)(=O)NCCc1ccc(C(=O)N2CCCC(c3nnc4n3CCC4)C2)s1. The molecule has 0 spiro atoms. The number of nitrogens with zero attached hydrogens (tertiary/aromatic N) is 4. The van der Waals surface area contributed by atoms with Crippen LogP contribution in [0.1, 0.15) is 51.4 Å². The zero-order valence-corrected chi connectivity index (χ0v) is 17.6. The van der Waals surface area contributed by atoms with Crippen LogP contribution in [0.25, 0.3) is 0 Å². The van der Waals surface area contributed by atoms with Gasteiger partial charge in [-0.05, 0) is 37.8 Å². The number of fused-ring (bicyclic) bond motifs is 1. The van der Waals surface area contributed by atoms with Crippen molar-refractivity contribution in [1.29, 1.82) is 0 Å². The molecule has 0 aliphatic carbocycles. The molecular weight excluding hydrogens is 398 g/mol. The predicted octanol–water partition coefficient (Wildman–Crippen LogP) is 1.40. The van der Waals surface area contributed by atoms with Crippen molar-refractivity contribution in [3.05, 3.63) is 33.5 Å². The standard InChI is InChI=1S/C18H25N5O3S2/c1-28(25,26)19-9-8-14-6-7-15(27-14)18(24)22-10-2-4-13(12-22)17-21-20-16-5-3-11-23(16)17/h6-7,13,19H,2-5,8-12H2,1H3. The number of carbonyl (C=O) groups is 1. The Morgan fingerprint density at radius 3 is 2.96 bits per heavy atom. The molecule has 0 aromatic carbocycles. The third kappa shape index (κ3) is 4.28. The van der Waals surface area contributed by atoms with Crippen LogP contribution in [0.4, 0.5) is 0 Å². The van der Waals surface area contributed by atoms with Crippen molar-refractivity contribution in [3.63, 3.8) is 0 Å². The molecule has 1 N–H and O–H groups in total. The van der Waals surface area contributed by atoms with Crippen molar-refractivity contribution in [1.82, 2.24) is 24.4 Å². The number of piperidine rings is 1. The second kappa shape index (κ2) is 7.92. The maximum absolute atomic E-state index is 13.0. The Labute approximate surface area is 169 Å². The number of amides is 1. The normalized spacial score (nSPS) is 19.8. The lowest BCUT2D eigenvalue weighted by molar-refractivity contribution is 0.0708. The van der Waals surface area contributed by atoms with Crippen LogP contribution in [0.5, 0.6) is 0 Å². The first kappa shape index (κ1) is 19.5. The molecule has 2 aliphatic heterocycles. The van der Waals surface area contributed by atoms with Crippen molar-refractivity contribution in [2.75, 3.05) is 25.9 Å². The van der Waals surface area contributed by atoms with E-state index in [-0.39, 0.29) is 11.8 Å². The number of thiophene rings is 1. The minimum atomic E-state index is -3.19. The largest absolute Gasteiger partial charge is 0.337 e. The van der Waals surface area contributed by atoms with Gasteiger partial charge in [0.2, 0.25) is 10.0 Å². The summed E-state index contributed by atoms with van der Waals surface area (Å²) in [5.74, 6) is 2.40. The Morgan fingerprint density at radius 1 is 1.29 bits per heavy atom. The number of hydrogen-bond donors (Lipinski definition) is 1. The number of nitrogens with one attached hydrogen (secondary N) is 1. The summed E-state index contributed by atoms with van der Waals surface area (Å²) >= 11 is 1.44. The van der Waals surface area contributed by atoms with Crippen LogP contribution in [0.15, 0.2) is 12.1 Å². The first-order chi connectivity index (χ1) is 13.4. The van der Waals surface area contributed by atoms with Crippen LogP contribution >= 0.6 is 11.3 Å². The summed E-state index contributed by atoms with van der Waals surface area (Å²) in [7, 11) is -3.19. The molecule has 28 heavy (non-hydrogen) atoms. The molecule has 1 fully saturated rings. The zero-order valence-electron chi connectivity index (χ0n) is 15.9. The molecule has 152 valence electrons. The summed E-state index contributed by atoms with van der Waals surface area (Å²) in [5, 5.41) is 8.72. The molecular formula is C18H25N5O3S2. The second-order valence-electron chi connectivity index (χ2n) is 7.50. The number of sulfonamides is 1. The Bertz CT molecular complexity index is 966. The highest BCUT2D eigenvalue weighted by Gasteiger charge is 2.31. The highest BCUT2D eigenvalue weighted by Crippen LogP contribution is 2.30. The Morgan fingerprint density at radius 2 is 2.14 bits per heavy atom. The number of hydrogen-bond acceptors (Lipinski definition) is 6. The minimum Gasteiger partial charge on any atom is -0.337 e. The summed E-state index contributed by atoms with van der Waals surface area (Å²) in [6.07, 6.45) is 5.85. The van der Waals surface area contributed by atoms with E-state index in [0.717, 1.165) is 61.6 Å². The van der Waals surface area contributed by atoms with Gasteiger partial charge in [-0.1, -0.05) is 0 Å². The van der Waals surface area contributed by atoms with Gasteiger partial charge in [-0.25, -0.2) is 13.1 Å². The molecule has 0 saturated carbocycles. The molecule has 1 saturated heterocycles. The molecule has 2 aromatic rings. The van der Waals surface area contributed by atoms with Crippen LogP contribution in [0, 0.1) is 0 Å². The van der Waals surface area contributed by atoms with Crippen LogP contribution < -0.4 is 4.72 Å². The Balaban J connectivity index is 1.39. The molecule has 1 atom stereocenters. The van der Waals surface area contributed by atoms with E-state index < -0.39 is 10.0 Å². The molecule has 0 bridgehead atoms. The number of carbonyl (C=O) groups excluding carboxylic acids is 1. The molecule has 0 radical (unpaired) electrons. The first-order valence-electron chi connectivity index (χ1n) is 9.65. The Kier molecular flexibility index (Phi) is 5.52. The van der Waals surface area contributed by atoms with Gasteiger partial charge in [0.15, 0.2) is 0 Å². The van der Waals surface area contributed by atoms with Gasteiger partial charge >= 0.3 is 0 Å². The van der Waals surface area contributed by atoms with E-state index in [4.69, 9.17) is 0 Å². The van der Waals surface area contributed by atoms with Gasteiger partial charge in [-0.2, -0.15) is 0 Å². The molecule has 10 heteroatoms. The fraction of sp³-hybridized carbons (Fsp3) is 0.611. The van der Waals surface area contributed by atoms with Gasteiger partial charge in [0, 0.05) is 43.4 Å². The van der Waals surface area contributed by atoms with Crippen LogP contribution in [0.2, 0.25) is 0 Å². The van der Waals surface area contributed by atoms with Crippen LogP contribution in [0.3, 0.4) is 0 Å². The average Bonchev–Trinajstić information content (AvgIpc) is 3.37. The highest BCUT2D eigenvalue weighted by molar-refractivity contribution is 7.88. The summed E-state index contributed by atoms with van der Waals surface area (Å²) in [6, 6.07) is 3.76. The van der Waals surface area contributed by atoms with Gasteiger partial charge in [0.05, 0.1) is 11.1 Å². The third-order valence-electron chi connectivity index (χ3n) is 5.32. The van der Waals surface area contributed by atoms with E-state index in [1.165, 1.54) is 11.3 Å². The first-order valence-corrected chi connectivity index (χ1v) is 12.4. The maximum Gasteiger partial charge on any atom is 0.263 e. The van der Waals surface area contributed by atoms with Gasteiger partial charge in [-0.15, -0.1) is 21.5 Å². The van der Waals surface area contributed by atoms with Crippen molar-refractivity contribution in [3.8, 4) is 0 Å². The molecule has 8 nitrogen and oxygen atoms in total. The monoisotopic (exact) mass is 423 g/mol. The van der Waals surface area contributed by atoms with E-state index in [0.29, 0.717) is 24.4 Å². The molecule has 2 aliphatic rings. The minimum absolute atomic E-state index is 0.0539. The van der Waals surface area contributed by atoms with Crippen LogP contribution in [-0.2, 0) is 29.4 Å². The average molecular weight is 424 g/mol. The number of likely N-dealkylation sites (tertiary alicyclic amines) is 1. The fourth-order valence-corrected chi connectivity index (χ4v) is 5.44. The van der Waals surface area contributed by atoms with Gasteiger partial charge < -0.3 is 9.47 Å². The van der Waals surface area contributed by atoms with Crippen molar-refractivity contribution < 1.29 is 13.2 Å². The number of aryl methyl sites for hydroxylation is 1. The maximum atomic E-state index is 13.0. The number of rotatable bonds is 6. The van der Waals surface area contributed by atoms with E-state index >= 15 is 0 Å². The molecule has 4 heterocycles. The number of aromatic nitrogens is 3. The highest BCUT2D eigenvalue weighted by atomic mass is 32.2. The van der Waals surface area contributed by atoms with Crippen molar-refractivity contribution >= 4 is 27.3 Å². The van der Waals surface area contributed by atoms with E-state index in [9.17, 15) is 13.2 Å². The molecule has 1 amide bonds. The van der Waals surface area contributed by atoms with Crippen molar-refractivity contribution in [2.45, 2.75) is 44.6 Å². The fourth-order valence-electron chi connectivity index (χ4n) is 3.99. The quantitative estimate of drug-likeness (QED) is 0.757. The summed E-state index contributed by atoms with van der Waals surface area (Å²) < 4.78 is 27.0. The van der Waals surface area contributed by atoms with E-state index in [1.54, 1.807) is 0 Å². The van der Waals surface area contributed by atoms with Crippen molar-refractivity contribution in [2.24, 2.45) is 0 Å². The van der Waals surface area contributed by atoms with Gasteiger partial charge in [0.25, 0.3) is 5.91 Å². The third-order valence-corrected chi connectivity index (χ3v) is 7.18. The van der Waals surface area contributed by atoms with Gasteiger partial charge in [0.1, 0.15) is 11.6 Å². The topological polar surface area (TPSA) is 97.2 Å². The molecule has 2 aromatic heterocycles. The predicted molar refractivity (Wildman–Crippen MR) is 107 cm³/mol. The summed E-state index contributed by atoms with van der Waals surface area (Å²) in [6.45, 7) is 2.77. The van der Waals surface area contributed by atoms with E-state index in [2.05, 4.69) is 19.5 Å². The van der Waals surface area contributed by atoms with Gasteiger partial charge in [-0.3, -0.25) is 4.79 Å².